The van der Waals surface area contributed by atoms with Crippen molar-refractivity contribution in [1.29, 1.82) is 0 Å². The fourth-order valence-electron chi connectivity index (χ4n) is 2.15. The molecule has 1 aliphatic rings. The van der Waals surface area contributed by atoms with Crippen LogP contribution in [0.5, 0.6) is 5.75 Å². The summed E-state index contributed by atoms with van der Waals surface area (Å²) >= 11 is 0. The highest BCUT2D eigenvalue weighted by molar-refractivity contribution is 5.34. The lowest BCUT2D eigenvalue weighted by atomic mass is 10.1. The monoisotopic (exact) mass is 251 g/mol. The van der Waals surface area contributed by atoms with E-state index in [9.17, 15) is 0 Å². The maximum Gasteiger partial charge on any atom is 0.202 e. The molecule has 1 aliphatic heterocycles. The van der Waals surface area contributed by atoms with E-state index in [2.05, 4.69) is 11.9 Å². The molecule has 0 aromatic carbocycles. The van der Waals surface area contributed by atoms with E-state index in [1.54, 1.807) is 6.20 Å². The van der Waals surface area contributed by atoms with Gasteiger partial charge in [0.1, 0.15) is 12.4 Å². The second-order valence-electron chi connectivity index (χ2n) is 4.48. The third-order valence-electron chi connectivity index (χ3n) is 3.39. The summed E-state index contributed by atoms with van der Waals surface area (Å²) in [6.45, 7) is 7.90. The lowest BCUT2D eigenvalue weighted by Gasteiger charge is -2.26. The summed E-state index contributed by atoms with van der Waals surface area (Å²) in [5, 5.41) is 0. The summed E-state index contributed by atoms with van der Waals surface area (Å²) in [7, 11) is 0. The van der Waals surface area contributed by atoms with Crippen LogP contribution in [-0.4, -0.2) is 30.6 Å². The van der Waals surface area contributed by atoms with Crippen LogP contribution in [0, 0.1) is 6.92 Å². The van der Waals surface area contributed by atoms with Gasteiger partial charge < -0.3 is 14.2 Å². The first kappa shape index (κ1) is 13.3. The van der Waals surface area contributed by atoms with E-state index in [-0.39, 0.29) is 0 Å². The van der Waals surface area contributed by atoms with Crippen LogP contribution < -0.4 is 4.74 Å². The minimum Gasteiger partial charge on any atom is -0.488 e. The van der Waals surface area contributed by atoms with E-state index >= 15 is 0 Å². The van der Waals surface area contributed by atoms with Crippen molar-refractivity contribution in [3.8, 4) is 5.75 Å². The molecule has 0 atom stereocenters. The highest BCUT2D eigenvalue weighted by Crippen LogP contribution is 2.26. The first-order chi connectivity index (χ1) is 8.71. The summed E-state index contributed by atoms with van der Waals surface area (Å²) in [6.07, 6.45) is 3.49. The zero-order valence-electron chi connectivity index (χ0n) is 11.4. The smallest absolute Gasteiger partial charge is 0.202 e. The average Bonchev–Trinajstić information content (AvgIpc) is 2.87. The molecule has 0 aliphatic carbocycles. The Bertz CT molecular complexity index is 400. The van der Waals surface area contributed by atoms with Crippen molar-refractivity contribution in [1.82, 2.24) is 4.98 Å². The van der Waals surface area contributed by atoms with E-state index < -0.39 is 5.79 Å². The SMILES string of the molecule is CCc1nccc(OCC2(CC)OCCO2)c1C. The summed E-state index contributed by atoms with van der Waals surface area (Å²) < 4.78 is 17.2. The molecule has 100 valence electrons. The maximum atomic E-state index is 5.87. The van der Waals surface area contributed by atoms with Gasteiger partial charge in [0, 0.05) is 23.9 Å². The number of hydrogen-bond donors (Lipinski definition) is 0. The highest BCUT2D eigenvalue weighted by Gasteiger charge is 2.35. The van der Waals surface area contributed by atoms with Crippen LogP contribution in [0.25, 0.3) is 0 Å². The summed E-state index contributed by atoms with van der Waals surface area (Å²) in [4.78, 5) is 4.33. The number of pyridine rings is 1. The first-order valence-electron chi connectivity index (χ1n) is 6.56. The molecule has 0 bridgehead atoms. The van der Waals surface area contributed by atoms with Crippen LogP contribution in [0.4, 0.5) is 0 Å². The standard InChI is InChI=1S/C14H21NO3/c1-4-12-11(3)13(6-7-15-12)16-10-14(5-2)17-8-9-18-14/h6-7H,4-5,8-10H2,1-3H3. The number of aromatic nitrogens is 1. The van der Waals surface area contributed by atoms with Gasteiger partial charge in [-0.15, -0.1) is 0 Å². The third kappa shape index (κ3) is 2.65. The Morgan fingerprint density at radius 2 is 2.06 bits per heavy atom. The molecule has 2 rings (SSSR count). The summed E-state index contributed by atoms with van der Waals surface area (Å²) in [5.41, 5.74) is 2.18. The van der Waals surface area contributed by atoms with Gasteiger partial charge in [0.15, 0.2) is 0 Å². The maximum absolute atomic E-state index is 5.87. The Hall–Kier alpha value is -1.13. The first-order valence-corrected chi connectivity index (χ1v) is 6.56. The predicted octanol–water partition coefficient (Wildman–Crippen LogP) is 2.48. The van der Waals surface area contributed by atoms with Crippen molar-refractivity contribution in [2.45, 2.75) is 39.4 Å². The fourth-order valence-corrected chi connectivity index (χ4v) is 2.15. The molecule has 18 heavy (non-hydrogen) atoms. The Morgan fingerprint density at radius 3 is 2.67 bits per heavy atom. The normalized spacial score (nSPS) is 17.9. The van der Waals surface area contributed by atoms with Gasteiger partial charge in [-0.1, -0.05) is 13.8 Å². The van der Waals surface area contributed by atoms with Crippen LogP contribution in [0.15, 0.2) is 12.3 Å². The predicted molar refractivity (Wildman–Crippen MR) is 68.8 cm³/mol. The molecule has 1 saturated heterocycles. The van der Waals surface area contributed by atoms with E-state index in [0.717, 1.165) is 29.8 Å². The van der Waals surface area contributed by atoms with Crippen LogP contribution in [0.1, 0.15) is 31.5 Å². The molecular formula is C14H21NO3. The molecule has 4 nitrogen and oxygen atoms in total. The van der Waals surface area contributed by atoms with Crippen molar-refractivity contribution in [2.24, 2.45) is 0 Å². The molecule has 0 unspecified atom stereocenters. The molecule has 1 fully saturated rings. The van der Waals surface area contributed by atoms with Gasteiger partial charge in [-0.2, -0.15) is 0 Å². The molecular weight excluding hydrogens is 230 g/mol. The van der Waals surface area contributed by atoms with Crippen LogP contribution in [0.3, 0.4) is 0 Å². The largest absolute Gasteiger partial charge is 0.488 e. The van der Waals surface area contributed by atoms with Crippen molar-refractivity contribution in [2.75, 3.05) is 19.8 Å². The number of nitrogens with zero attached hydrogens (tertiary/aromatic N) is 1. The molecule has 0 amide bonds. The van der Waals surface area contributed by atoms with Crippen LogP contribution in [0.2, 0.25) is 0 Å². The van der Waals surface area contributed by atoms with Crippen LogP contribution in [-0.2, 0) is 15.9 Å². The Kier molecular flexibility index (Phi) is 4.19. The zero-order valence-corrected chi connectivity index (χ0v) is 11.4. The number of ether oxygens (including phenoxy) is 3. The number of rotatable bonds is 5. The van der Waals surface area contributed by atoms with Gasteiger partial charge in [-0.25, -0.2) is 0 Å². The minimum absolute atomic E-state index is 0.428. The fraction of sp³-hybridized carbons (Fsp3) is 0.643. The van der Waals surface area contributed by atoms with Crippen molar-refractivity contribution < 1.29 is 14.2 Å². The van der Waals surface area contributed by atoms with Gasteiger partial charge in [0.2, 0.25) is 5.79 Å². The third-order valence-corrected chi connectivity index (χ3v) is 3.39. The highest BCUT2D eigenvalue weighted by atomic mass is 16.8. The Morgan fingerprint density at radius 1 is 1.33 bits per heavy atom. The Balaban J connectivity index is 2.05. The molecule has 4 heteroatoms. The van der Waals surface area contributed by atoms with E-state index in [1.165, 1.54) is 0 Å². The van der Waals surface area contributed by atoms with Gasteiger partial charge in [-0.3, -0.25) is 4.98 Å². The quantitative estimate of drug-likeness (QED) is 0.806. The summed E-state index contributed by atoms with van der Waals surface area (Å²) in [5.74, 6) is 0.302. The van der Waals surface area contributed by atoms with Crippen molar-refractivity contribution in [3.63, 3.8) is 0 Å². The van der Waals surface area contributed by atoms with Crippen LogP contribution >= 0.6 is 0 Å². The lowest BCUT2D eigenvalue weighted by molar-refractivity contribution is -0.178. The molecule has 0 spiro atoms. The van der Waals surface area contributed by atoms with Crippen molar-refractivity contribution >= 4 is 0 Å². The molecule has 2 heterocycles. The van der Waals surface area contributed by atoms with Gasteiger partial charge in [0.05, 0.1) is 13.2 Å². The Labute approximate surface area is 108 Å². The van der Waals surface area contributed by atoms with E-state index in [1.807, 2.05) is 19.9 Å². The molecule has 0 radical (unpaired) electrons. The van der Waals surface area contributed by atoms with E-state index in [0.29, 0.717) is 19.8 Å². The average molecular weight is 251 g/mol. The zero-order chi connectivity index (χ0) is 13.0. The topological polar surface area (TPSA) is 40.6 Å². The van der Waals surface area contributed by atoms with Gasteiger partial charge >= 0.3 is 0 Å². The van der Waals surface area contributed by atoms with Crippen molar-refractivity contribution in [3.05, 3.63) is 23.5 Å². The number of aryl methyl sites for hydroxylation is 1. The molecule has 1 aromatic rings. The molecule has 0 N–H and O–H groups in total. The van der Waals surface area contributed by atoms with Gasteiger partial charge in [-0.05, 0) is 19.4 Å². The lowest BCUT2D eigenvalue weighted by Crippen LogP contribution is -2.36. The molecule has 0 saturated carbocycles. The second-order valence-corrected chi connectivity index (χ2v) is 4.48. The summed E-state index contributed by atoms with van der Waals surface area (Å²) in [6, 6.07) is 1.90. The van der Waals surface area contributed by atoms with Gasteiger partial charge in [0.25, 0.3) is 0 Å². The second kappa shape index (κ2) is 5.67. The molecule has 1 aromatic heterocycles. The van der Waals surface area contributed by atoms with E-state index in [4.69, 9.17) is 14.2 Å². The minimum atomic E-state index is -0.567. The number of hydrogen-bond acceptors (Lipinski definition) is 4.